The van der Waals surface area contributed by atoms with Crippen LogP contribution in [0.2, 0.25) is 0 Å². The van der Waals surface area contributed by atoms with E-state index in [1.54, 1.807) is 0 Å². The van der Waals surface area contributed by atoms with Crippen molar-refractivity contribution in [3.8, 4) is 0 Å². The number of ether oxygens (including phenoxy) is 1. The van der Waals surface area contributed by atoms with Crippen molar-refractivity contribution in [3.05, 3.63) is 0 Å². The summed E-state index contributed by atoms with van der Waals surface area (Å²) in [5.41, 5.74) is 0. The van der Waals surface area contributed by atoms with Crippen LogP contribution in [0.5, 0.6) is 0 Å². The van der Waals surface area contributed by atoms with E-state index < -0.39 is 0 Å². The van der Waals surface area contributed by atoms with Gasteiger partial charge in [0.05, 0.1) is 6.10 Å². The third kappa shape index (κ3) is 9.84. The van der Waals surface area contributed by atoms with Crippen molar-refractivity contribution in [3.63, 3.8) is 0 Å². The normalized spacial score (nSPS) is 13.6. The number of hydrogen-bond donors (Lipinski definition) is 1. The minimum Gasteiger partial charge on any atom is -0.393 e. The largest absolute Gasteiger partial charge is 0.393 e. The predicted octanol–water partition coefficient (Wildman–Crippen LogP) is 2.60. The highest BCUT2D eigenvalue weighted by Crippen LogP contribution is 2.10. The highest BCUT2D eigenvalue weighted by Gasteiger charge is 2.04. The average molecular weight is 188 g/mol. The van der Waals surface area contributed by atoms with Crippen molar-refractivity contribution < 1.29 is 9.84 Å². The maximum atomic E-state index is 9.54. The zero-order valence-electron chi connectivity index (χ0n) is 9.25. The fourth-order valence-electron chi connectivity index (χ4n) is 1.24. The molecule has 1 atom stereocenters. The Labute approximate surface area is 82.3 Å². The van der Waals surface area contributed by atoms with E-state index in [1.807, 2.05) is 6.92 Å². The summed E-state index contributed by atoms with van der Waals surface area (Å²) in [6.45, 7) is 7.94. The highest BCUT2D eigenvalue weighted by atomic mass is 16.5. The first-order chi connectivity index (χ1) is 6.16. The van der Waals surface area contributed by atoms with E-state index in [0.29, 0.717) is 5.92 Å². The summed E-state index contributed by atoms with van der Waals surface area (Å²) in [5, 5.41) is 9.54. The molecule has 0 aliphatic heterocycles. The van der Waals surface area contributed by atoms with Crippen molar-refractivity contribution >= 4 is 0 Å². The molecule has 0 saturated carbocycles. The molecule has 0 spiro atoms. The lowest BCUT2D eigenvalue weighted by atomic mass is 10.0. The molecule has 13 heavy (non-hydrogen) atoms. The number of aliphatic hydroxyl groups excluding tert-OH is 1. The fourth-order valence-corrected chi connectivity index (χ4v) is 1.24. The van der Waals surface area contributed by atoms with Crippen LogP contribution in [0.1, 0.15) is 46.5 Å². The van der Waals surface area contributed by atoms with Crippen molar-refractivity contribution in [2.45, 2.75) is 52.6 Å². The summed E-state index contributed by atoms with van der Waals surface area (Å²) in [6.07, 6.45) is 3.79. The van der Waals surface area contributed by atoms with Gasteiger partial charge < -0.3 is 9.84 Å². The maximum absolute atomic E-state index is 9.54. The van der Waals surface area contributed by atoms with Gasteiger partial charge in [0.25, 0.3) is 0 Å². The van der Waals surface area contributed by atoms with E-state index in [9.17, 15) is 5.11 Å². The minimum absolute atomic E-state index is 0.122. The van der Waals surface area contributed by atoms with E-state index >= 15 is 0 Å². The van der Waals surface area contributed by atoms with Gasteiger partial charge in [0, 0.05) is 13.2 Å². The minimum atomic E-state index is -0.122. The predicted molar refractivity (Wildman–Crippen MR) is 55.8 cm³/mol. The number of hydrogen-bond acceptors (Lipinski definition) is 2. The lowest BCUT2D eigenvalue weighted by Gasteiger charge is -2.11. The Morgan fingerprint density at radius 3 is 2.38 bits per heavy atom. The summed E-state index contributed by atoms with van der Waals surface area (Å²) in [4.78, 5) is 0. The summed E-state index contributed by atoms with van der Waals surface area (Å²) in [6, 6.07) is 0. The van der Waals surface area contributed by atoms with Gasteiger partial charge in [-0.3, -0.25) is 0 Å². The lowest BCUT2D eigenvalue weighted by molar-refractivity contribution is 0.107. The second kappa shape index (κ2) is 8.52. The van der Waals surface area contributed by atoms with Gasteiger partial charge in [-0.05, 0) is 38.5 Å². The summed E-state index contributed by atoms with van der Waals surface area (Å²) >= 11 is 0. The van der Waals surface area contributed by atoms with Crippen LogP contribution in [-0.4, -0.2) is 24.4 Å². The van der Waals surface area contributed by atoms with Gasteiger partial charge in [0.15, 0.2) is 0 Å². The van der Waals surface area contributed by atoms with E-state index in [1.165, 1.54) is 0 Å². The van der Waals surface area contributed by atoms with E-state index in [4.69, 9.17) is 4.74 Å². The smallest absolute Gasteiger partial charge is 0.0541 e. The van der Waals surface area contributed by atoms with Gasteiger partial charge in [-0.2, -0.15) is 0 Å². The number of rotatable bonds is 8. The van der Waals surface area contributed by atoms with E-state index in [2.05, 4.69) is 13.8 Å². The Morgan fingerprint density at radius 2 is 1.85 bits per heavy atom. The molecule has 80 valence electrons. The maximum Gasteiger partial charge on any atom is 0.0541 e. The molecule has 0 bridgehead atoms. The second-order valence-electron chi connectivity index (χ2n) is 3.96. The van der Waals surface area contributed by atoms with Crippen LogP contribution in [0.25, 0.3) is 0 Å². The van der Waals surface area contributed by atoms with Crippen LogP contribution in [-0.2, 0) is 4.74 Å². The van der Waals surface area contributed by atoms with Gasteiger partial charge in [0.1, 0.15) is 0 Å². The van der Waals surface area contributed by atoms with Crippen molar-refractivity contribution in [1.29, 1.82) is 0 Å². The highest BCUT2D eigenvalue weighted by molar-refractivity contribution is 4.57. The van der Waals surface area contributed by atoms with Crippen LogP contribution in [0.3, 0.4) is 0 Å². The molecule has 1 unspecified atom stereocenters. The molecule has 0 rings (SSSR count). The molecule has 0 heterocycles. The van der Waals surface area contributed by atoms with Crippen molar-refractivity contribution in [1.82, 2.24) is 0 Å². The SMILES string of the molecule is CCOCCCC(O)CCC(C)C. The van der Waals surface area contributed by atoms with Crippen LogP contribution in [0.4, 0.5) is 0 Å². The zero-order valence-corrected chi connectivity index (χ0v) is 9.25. The van der Waals surface area contributed by atoms with E-state index in [-0.39, 0.29) is 6.10 Å². The first-order valence-corrected chi connectivity index (χ1v) is 5.42. The van der Waals surface area contributed by atoms with E-state index in [0.717, 1.165) is 38.9 Å². The van der Waals surface area contributed by atoms with Crippen molar-refractivity contribution in [2.24, 2.45) is 5.92 Å². The number of aliphatic hydroxyl groups is 1. The third-order valence-corrected chi connectivity index (χ3v) is 2.11. The zero-order chi connectivity index (χ0) is 10.1. The molecule has 2 heteroatoms. The fraction of sp³-hybridized carbons (Fsp3) is 1.00. The van der Waals surface area contributed by atoms with Gasteiger partial charge in [-0.25, -0.2) is 0 Å². The molecule has 0 saturated heterocycles. The van der Waals surface area contributed by atoms with Crippen LogP contribution in [0.15, 0.2) is 0 Å². The lowest BCUT2D eigenvalue weighted by Crippen LogP contribution is -2.09. The standard InChI is InChI=1S/C11H24O2/c1-4-13-9-5-6-11(12)8-7-10(2)3/h10-12H,4-9H2,1-3H3. The molecule has 1 N–H and O–H groups in total. The quantitative estimate of drug-likeness (QED) is 0.593. The first kappa shape index (κ1) is 12.9. The van der Waals surface area contributed by atoms with Gasteiger partial charge in [0.2, 0.25) is 0 Å². The average Bonchev–Trinajstić information content (AvgIpc) is 2.09. The molecule has 0 aromatic carbocycles. The van der Waals surface area contributed by atoms with Crippen LogP contribution >= 0.6 is 0 Å². The Bertz CT molecular complexity index is 102. The molecule has 0 aliphatic rings. The molecule has 0 fully saturated rings. The molecule has 0 aromatic heterocycles. The molecule has 2 nitrogen and oxygen atoms in total. The molecular formula is C11H24O2. The Morgan fingerprint density at radius 1 is 1.15 bits per heavy atom. The van der Waals surface area contributed by atoms with Crippen LogP contribution in [0, 0.1) is 5.92 Å². The van der Waals surface area contributed by atoms with Crippen molar-refractivity contribution in [2.75, 3.05) is 13.2 Å². The topological polar surface area (TPSA) is 29.5 Å². The molecular weight excluding hydrogens is 164 g/mol. The first-order valence-electron chi connectivity index (χ1n) is 5.42. The Balaban J connectivity index is 3.15. The summed E-state index contributed by atoms with van der Waals surface area (Å²) < 4.78 is 5.20. The monoisotopic (exact) mass is 188 g/mol. The molecule has 0 amide bonds. The van der Waals surface area contributed by atoms with Gasteiger partial charge in [-0.15, -0.1) is 0 Å². The second-order valence-corrected chi connectivity index (χ2v) is 3.96. The van der Waals surface area contributed by atoms with Gasteiger partial charge in [-0.1, -0.05) is 13.8 Å². The summed E-state index contributed by atoms with van der Waals surface area (Å²) in [7, 11) is 0. The molecule has 0 aliphatic carbocycles. The molecule has 0 radical (unpaired) electrons. The Hall–Kier alpha value is -0.0800. The Kier molecular flexibility index (Phi) is 8.46. The van der Waals surface area contributed by atoms with Crippen LogP contribution < -0.4 is 0 Å². The van der Waals surface area contributed by atoms with Gasteiger partial charge >= 0.3 is 0 Å². The third-order valence-electron chi connectivity index (χ3n) is 2.11. The summed E-state index contributed by atoms with van der Waals surface area (Å²) in [5.74, 6) is 0.696. The molecule has 0 aromatic rings.